The third-order valence-electron chi connectivity index (χ3n) is 4.10. The summed E-state index contributed by atoms with van der Waals surface area (Å²) in [5.74, 6) is 0.372. The predicted octanol–water partition coefficient (Wildman–Crippen LogP) is 3.34. The summed E-state index contributed by atoms with van der Waals surface area (Å²) in [6.45, 7) is 7.33. The van der Waals surface area contributed by atoms with Gasteiger partial charge < -0.3 is 5.32 Å². The standard InChI is InChI=1S/C17H25NO/c1-4-6-17(7-5-8-18-17)16(19)12-15-10-13(2)9-14(3)11-15/h9-11,18H,4-8,12H2,1-3H3. The summed E-state index contributed by atoms with van der Waals surface area (Å²) in [7, 11) is 0. The van der Waals surface area contributed by atoms with Crippen LogP contribution in [0.25, 0.3) is 0 Å². The topological polar surface area (TPSA) is 29.1 Å². The van der Waals surface area contributed by atoms with Gasteiger partial charge in [-0.2, -0.15) is 0 Å². The van der Waals surface area contributed by atoms with Gasteiger partial charge >= 0.3 is 0 Å². The first-order valence-electron chi connectivity index (χ1n) is 7.41. The molecule has 1 heterocycles. The molecule has 0 aromatic heterocycles. The molecule has 0 aliphatic carbocycles. The third kappa shape index (κ3) is 3.24. The highest BCUT2D eigenvalue weighted by atomic mass is 16.1. The maximum absolute atomic E-state index is 12.7. The van der Waals surface area contributed by atoms with Crippen molar-refractivity contribution in [3.8, 4) is 0 Å². The summed E-state index contributed by atoms with van der Waals surface area (Å²) in [5, 5.41) is 3.47. The van der Waals surface area contributed by atoms with Gasteiger partial charge in [0.15, 0.2) is 5.78 Å². The molecule has 1 aromatic carbocycles. The Bertz CT molecular complexity index is 438. The van der Waals surface area contributed by atoms with Crippen LogP contribution in [0.4, 0.5) is 0 Å². The van der Waals surface area contributed by atoms with Gasteiger partial charge in [0, 0.05) is 6.42 Å². The summed E-state index contributed by atoms with van der Waals surface area (Å²) in [4.78, 5) is 12.7. The Balaban J connectivity index is 2.14. The number of benzene rings is 1. The van der Waals surface area contributed by atoms with Crippen LogP contribution in [-0.4, -0.2) is 17.9 Å². The maximum atomic E-state index is 12.7. The fourth-order valence-electron chi connectivity index (χ4n) is 3.35. The van der Waals surface area contributed by atoms with Gasteiger partial charge in [0.05, 0.1) is 5.54 Å². The van der Waals surface area contributed by atoms with Crippen molar-refractivity contribution in [3.05, 3.63) is 34.9 Å². The smallest absolute Gasteiger partial charge is 0.157 e. The zero-order valence-electron chi connectivity index (χ0n) is 12.4. The van der Waals surface area contributed by atoms with E-state index in [4.69, 9.17) is 0 Å². The van der Waals surface area contributed by atoms with E-state index in [2.05, 4.69) is 44.3 Å². The van der Waals surface area contributed by atoms with E-state index in [1.807, 2.05) is 0 Å². The van der Waals surface area contributed by atoms with Gasteiger partial charge in [-0.25, -0.2) is 0 Å². The Morgan fingerprint density at radius 3 is 2.47 bits per heavy atom. The molecule has 2 heteroatoms. The van der Waals surface area contributed by atoms with E-state index < -0.39 is 0 Å². The van der Waals surface area contributed by atoms with Crippen LogP contribution in [-0.2, 0) is 11.2 Å². The molecule has 1 aromatic rings. The Hall–Kier alpha value is -1.15. The molecule has 1 N–H and O–H groups in total. The number of ketones is 1. The second-order valence-corrected chi connectivity index (χ2v) is 5.96. The third-order valence-corrected chi connectivity index (χ3v) is 4.10. The number of aryl methyl sites for hydroxylation is 2. The normalized spacial score (nSPS) is 22.7. The molecule has 2 nitrogen and oxygen atoms in total. The highest BCUT2D eigenvalue weighted by molar-refractivity contribution is 5.90. The van der Waals surface area contributed by atoms with Gasteiger partial charge in [-0.15, -0.1) is 0 Å². The van der Waals surface area contributed by atoms with Crippen LogP contribution in [0.5, 0.6) is 0 Å². The molecule has 0 saturated carbocycles. The molecule has 1 aliphatic heterocycles. The molecule has 1 saturated heterocycles. The van der Waals surface area contributed by atoms with E-state index in [0.29, 0.717) is 12.2 Å². The minimum atomic E-state index is -0.244. The van der Waals surface area contributed by atoms with Crippen molar-refractivity contribution in [2.45, 2.75) is 58.4 Å². The molecule has 0 bridgehead atoms. The molecule has 0 spiro atoms. The molecule has 1 aliphatic rings. The minimum Gasteiger partial charge on any atom is -0.305 e. The van der Waals surface area contributed by atoms with Crippen molar-refractivity contribution in [2.24, 2.45) is 0 Å². The first-order valence-corrected chi connectivity index (χ1v) is 7.41. The number of hydrogen-bond donors (Lipinski definition) is 1. The van der Waals surface area contributed by atoms with Gasteiger partial charge in [-0.1, -0.05) is 42.7 Å². The Kier molecular flexibility index (Phi) is 4.41. The lowest BCUT2D eigenvalue weighted by atomic mass is 9.84. The highest BCUT2D eigenvalue weighted by Gasteiger charge is 2.39. The molecule has 1 atom stereocenters. The predicted molar refractivity (Wildman–Crippen MR) is 79.5 cm³/mol. The van der Waals surface area contributed by atoms with Gasteiger partial charge in [-0.3, -0.25) is 4.79 Å². The fraction of sp³-hybridized carbons (Fsp3) is 0.588. The minimum absolute atomic E-state index is 0.244. The van der Waals surface area contributed by atoms with Crippen LogP contribution in [0, 0.1) is 13.8 Å². The maximum Gasteiger partial charge on any atom is 0.157 e. The molecular formula is C17H25NO. The monoisotopic (exact) mass is 259 g/mol. The molecule has 1 unspecified atom stereocenters. The Labute approximate surface area is 116 Å². The number of Topliss-reactive ketones (excluding diaryl/α,β-unsaturated/α-hetero) is 1. The summed E-state index contributed by atoms with van der Waals surface area (Å²) < 4.78 is 0. The van der Waals surface area contributed by atoms with Gasteiger partial charge in [0.1, 0.15) is 0 Å². The molecular weight excluding hydrogens is 234 g/mol. The van der Waals surface area contributed by atoms with Crippen molar-refractivity contribution < 1.29 is 4.79 Å². The van der Waals surface area contributed by atoms with Crippen LogP contribution in [0.1, 0.15) is 49.3 Å². The molecule has 0 radical (unpaired) electrons. The zero-order chi connectivity index (χ0) is 13.9. The van der Waals surface area contributed by atoms with Crippen molar-refractivity contribution in [1.29, 1.82) is 0 Å². The van der Waals surface area contributed by atoms with E-state index in [0.717, 1.165) is 37.8 Å². The summed E-state index contributed by atoms with van der Waals surface area (Å²) in [6, 6.07) is 6.43. The largest absolute Gasteiger partial charge is 0.305 e. The second kappa shape index (κ2) is 5.87. The molecule has 1 fully saturated rings. The average Bonchev–Trinajstić information content (AvgIpc) is 2.78. The first-order chi connectivity index (χ1) is 9.05. The highest BCUT2D eigenvalue weighted by Crippen LogP contribution is 2.27. The van der Waals surface area contributed by atoms with Crippen LogP contribution in [0.3, 0.4) is 0 Å². The van der Waals surface area contributed by atoms with E-state index >= 15 is 0 Å². The van der Waals surface area contributed by atoms with Crippen LogP contribution < -0.4 is 5.32 Å². The number of carbonyl (C=O) groups excluding carboxylic acids is 1. The molecule has 0 amide bonds. The van der Waals surface area contributed by atoms with Crippen molar-refractivity contribution in [3.63, 3.8) is 0 Å². The second-order valence-electron chi connectivity index (χ2n) is 5.96. The lowest BCUT2D eigenvalue weighted by Gasteiger charge is -2.27. The lowest BCUT2D eigenvalue weighted by Crippen LogP contribution is -2.48. The van der Waals surface area contributed by atoms with Gasteiger partial charge in [0.25, 0.3) is 0 Å². The Morgan fingerprint density at radius 1 is 1.26 bits per heavy atom. The van der Waals surface area contributed by atoms with E-state index in [-0.39, 0.29) is 5.54 Å². The number of rotatable bonds is 5. The summed E-state index contributed by atoms with van der Waals surface area (Å²) in [6.07, 6.45) is 4.72. The zero-order valence-corrected chi connectivity index (χ0v) is 12.4. The molecule has 104 valence electrons. The average molecular weight is 259 g/mol. The summed E-state index contributed by atoms with van der Waals surface area (Å²) >= 11 is 0. The van der Waals surface area contributed by atoms with Crippen molar-refractivity contribution in [1.82, 2.24) is 5.32 Å². The quantitative estimate of drug-likeness (QED) is 0.878. The van der Waals surface area contributed by atoms with Crippen LogP contribution >= 0.6 is 0 Å². The SMILES string of the molecule is CCCC1(C(=O)Cc2cc(C)cc(C)c2)CCCN1. The fourth-order valence-corrected chi connectivity index (χ4v) is 3.35. The van der Waals surface area contributed by atoms with Gasteiger partial charge in [0.2, 0.25) is 0 Å². The molecule has 2 rings (SSSR count). The van der Waals surface area contributed by atoms with E-state index in [9.17, 15) is 4.79 Å². The van der Waals surface area contributed by atoms with Crippen LogP contribution in [0.2, 0.25) is 0 Å². The molecule has 19 heavy (non-hydrogen) atoms. The number of hydrogen-bond acceptors (Lipinski definition) is 2. The lowest BCUT2D eigenvalue weighted by molar-refractivity contribution is -0.124. The van der Waals surface area contributed by atoms with Gasteiger partial charge in [-0.05, 0) is 45.2 Å². The number of nitrogens with one attached hydrogen (secondary N) is 1. The van der Waals surface area contributed by atoms with Crippen molar-refractivity contribution in [2.75, 3.05) is 6.54 Å². The van der Waals surface area contributed by atoms with Crippen LogP contribution in [0.15, 0.2) is 18.2 Å². The Morgan fingerprint density at radius 2 is 1.95 bits per heavy atom. The first kappa shape index (κ1) is 14.3. The van der Waals surface area contributed by atoms with Crippen molar-refractivity contribution >= 4 is 5.78 Å². The number of carbonyl (C=O) groups is 1. The summed E-state index contributed by atoms with van der Waals surface area (Å²) in [5.41, 5.74) is 3.40. The van der Waals surface area contributed by atoms with E-state index in [1.165, 1.54) is 11.1 Å². The van der Waals surface area contributed by atoms with E-state index in [1.54, 1.807) is 0 Å².